The van der Waals surface area contributed by atoms with Gasteiger partial charge in [0, 0.05) is 5.70 Å². The number of hydrogen-bond donors (Lipinski definition) is 2. The second kappa shape index (κ2) is 2.77. The molecule has 1 unspecified atom stereocenters. The van der Waals surface area contributed by atoms with Crippen molar-refractivity contribution in [2.24, 2.45) is 0 Å². The fourth-order valence-electron chi connectivity index (χ4n) is 1.10. The summed E-state index contributed by atoms with van der Waals surface area (Å²) in [5, 5.41) is 20.6. The Morgan fingerprint density at radius 1 is 1.64 bits per heavy atom. The van der Waals surface area contributed by atoms with Crippen molar-refractivity contribution in [1.29, 1.82) is 5.26 Å². The van der Waals surface area contributed by atoms with Crippen LogP contribution >= 0.6 is 0 Å². The Morgan fingerprint density at radius 3 is 2.73 bits per heavy atom. The van der Waals surface area contributed by atoms with Crippen molar-refractivity contribution in [3.8, 4) is 6.07 Å². The molecule has 1 aliphatic heterocycles. The van der Waals surface area contributed by atoms with E-state index >= 15 is 0 Å². The molecule has 1 rings (SSSR count). The summed E-state index contributed by atoms with van der Waals surface area (Å²) in [5.41, 5.74) is 2.11. The lowest BCUT2D eigenvalue weighted by molar-refractivity contribution is 0.187. The molecule has 0 aromatic rings. The second-order valence-electron chi connectivity index (χ2n) is 2.58. The summed E-state index contributed by atoms with van der Waals surface area (Å²) in [6.07, 6.45) is 1.01. The van der Waals surface area contributed by atoms with E-state index in [0.717, 1.165) is 11.3 Å². The Labute approximate surface area is 65.6 Å². The summed E-state index contributed by atoms with van der Waals surface area (Å²) in [7, 11) is 0. The lowest BCUT2D eigenvalue weighted by atomic mass is 10.1. The monoisotopic (exact) mass is 150 g/mol. The molecule has 0 fully saturated rings. The number of nitriles is 1. The summed E-state index contributed by atoms with van der Waals surface area (Å²) in [6, 6.07) is 1.95. The van der Waals surface area contributed by atoms with E-state index in [2.05, 4.69) is 5.32 Å². The standard InChI is InChI=1S/C8H10N2O/c1-5-3-6(2)10-8(11)7(5)4-9/h3,8,10-11H,1-2H3. The van der Waals surface area contributed by atoms with Crippen LogP contribution in [0.25, 0.3) is 0 Å². The molecule has 11 heavy (non-hydrogen) atoms. The molecular weight excluding hydrogens is 140 g/mol. The second-order valence-corrected chi connectivity index (χ2v) is 2.58. The molecule has 0 saturated carbocycles. The highest BCUT2D eigenvalue weighted by atomic mass is 16.3. The van der Waals surface area contributed by atoms with Crippen molar-refractivity contribution in [1.82, 2.24) is 5.32 Å². The van der Waals surface area contributed by atoms with Crippen LogP contribution in [-0.4, -0.2) is 11.3 Å². The van der Waals surface area contributed by atoms with Crippen molar-refractivity contribution in [2.45, 2.75) is 20.1 Å². The summed E-state index contributed by atoms with van der Waals surface area (Å²) < 4.78 is 0. The van der Waals surface area contributed by atoms with Gasteiger partial charge in [0.2, 0.25) is 0 Å². The van der Waals surface area contributed by atoms with Crippen LogP contribution in [0, 0.1) is 11.3 Å². The largest absolute Gasteiger partial charge is 0.369 e. The van der Waals surface area contributed by atoms with E-state index in [0.29, 0.717) is 5.57 Å². The minimum absolute atomic E-state index is 0.399. The van der Waals surface area contributed by atoms with Gasteiger partial charge >= 0.3 is 0 Å². The Balaban J connectivity index is 3.04. The van der Waals surface area contributed by atoms with Crippen molar-refractivity contribution >= 4 is 0 Å². The number of hydrogen-bond acceptors (Lipinski definition) is 3. The molecule has 0 saturated heterocycles. The van der Waals surface area contributed by atoms with Crippen LogP contribution < -0.4 is 5.32 Å². The van der Waals surface area contributed by atoms with E-state index < -0.39 is 6.23 Å². The predicted octanol–water partition coefficient (Wildman–Crippen LogP) is 0.652. The van der Waals surface area contributed by atoms with Gasteiger partial charge in [0.05, 0.1) is 11.6 Å². The molecule has 1 atom stereocenters. The van der Waals surface area contributed by atoms with Crippen LogP contribution in [0.15, 0.2) is 22.9 Å². The number of dihydropyridines is 1. The number of allylic oxidation sites excluding steroid dienone is 3. The fraction of sp³-hybridized carbons (Fsp3) is 0.375. The molecular formula is C8H10N2O. The van der Waals surface area contributed by atoms with Gasteiger partial charge in [-0.3, -0.25) is 0 Å². The Kier molecular flexibility index (Phi) is 1.97. The minimum atomic E-state index is -0.829. The van der Waals surface area contributed by atoms with E-state index in [1.54, 1.807) is 0 Å². The molecule has 0 bridgehead atoms. The average Bonchev–Trinajstić information content (AvgIpc) is 1.85. The first-order valence-corrected chi connectivity index (χ1v) is 3.39. The lowest BCUT2D eigenvalue weighted by Gasteiger charge is -2.19. The fourth-order valence-corrected chi connectivity index (χ4v) is 1.10. The van der Waals surface area contributed by atoms with E-state index in [9.17, 15) is 5.11 Å². The highest BCUT2D eigenvalue weighted by Gasteiger charge is 2.16. The van der Waals surface area contributed by atoms with Gasteiger partial charge in [-0.2, -0.15) is 5.26 Å². The maximum atomic E-state index is 9.28. The molecule has 1 aliphatic rings. The van der Waals surface area contributed by atoms with Crippen LogP contribution in [0.4, 0.5) is 0 Å². The number of aliphatic hydroxyl groups excluding tert-OH is 1. The van der Waals surface area contributed by atoms with Crippen LogP contribution in [0.2, 0.25) is 0 Å². The maximum Gasteiger partial charge on any atom is 0.160 e. The molecule has 58 valence electrons. The van der Waals surface area contributed by atoms with Crippen LogP contribution in [0.3, 0.4) is 0 Å². The third kappa shape index (κ3) is 1.41. The smallest absolute Gasteiger partial charge is 0.160 e. The third-order valence-corrected chi connectivity index (χ3v) is 1.62. The zero-order valence-corrected chi connectivity index (χ0v) is 6.55. The molecule has 3 heteroatoms. The zero-order chi connectivity index (χ0) is 8.43. The molecule has 0 amide bonds. The average molecular weight is 150 g/mol. The highest BCUT2D eigenvalue weighted by Crippen LogP contribution is 2.15. The van der Waals surface area contributed by atoms with Gasteiger partial charge in [-0.15, -0.1) is 0 Å². The SMILES string of the molecule is CC1=CC(C)=C(C#N)C(O)N1. The summed E-state index contributed by atoms with van der Waals surface area (Å²) in [5.74, 6) is 0. The van der Waals surface area contributed by atoms with Gasteiger partial charge in [0.1, 0.15) is 0 Å². The van der Waals surface area contributed by atoms with Gasteiger partial charge in [-0.25, -0.2) is 0 Å². The molecule has 1 heterocycles. The van der Waals surface area contributed by atoms with Crippen LogP contribution in [0.5, 0.6) is 0 Å². The van der Waals surface area contributed by atoms with E-state index in [4.69, 9.17) is 5.26 Å². The van der Waals surface area contributed by atoms with E-state index in [1.165, 1.54) is 0 Å². The molecule has 0 spiro atoms. The van der Waals surface area contributed by atoms with Crippen molar-refractivity contribution < 1.29 is 5.11 Å². The highest BCUT2D eigenvalue weighted by molar-refractivity contribution is 5.40. The van der Waals surface area contributed by atoms with E-state index in [-0.39, 0.29) is 0 Å². The van der Waals surface area contributed by atoms with Gasteiger partial charge in [0.15, 0.2) is 6.23 Å². The first kappa shape index (κ1) is 7.83. The van der Waals surface area contributed by atoms with Crippen molar-refractivity contribution in [3.05, 3.63) is 22.9 Å². The molecule has 0 aliphatic carbocycles. The lowest BCUT2D eigenvalue weighted by Crippen LogP contribution is -2.31. The van der Waals surface area contributed by atoms with Crippen LogP contribution in [0.1, 0.15) is 13.8 Å². The van der Waals surface area contributed by atoms with Crippen LogP contribution in [-0.2, 0) is 0 Å². The molecule has 0 aromatic carbocycles. The van der Waals surface area contributed by atoms with Gasteiger partial charge in [-0.05, 0) is 25.5 Å². The predicted molar refractivity (Wildman–Crippen MR) is 41.2 cm³/mol. The number of nitrogens with zero attached hydrogens (tertiary/aromatic N) is 1. The maximum absolute atomic E-state index is 9.28. The minimum Gasteiger partial charge on any atom is -0.369 e. The van der Waals surface area contributed by atoms with Gasteiger partial charge < -0.3 is 10.4 Å². The third-order valence-electron chi connectivity index (χ3n) is 1.62. The topological polar surface area (TPSA) is 56.0 Å². The quantitative estimate of drug-likeness (QED) is 0.533. The first-order chi connectivity index (χ1) is 5.15. The molecule has 0 aromatic heterocycles. The number of nitrogens with one attached hydrogen (secondary N) is 1. The van der Waals surface area contributed by atoms with Crippen molar-refractivity contribution in [3.63, 3.8) is 0 Å². The number of rotatable bonds is 0. The normalized spacial score (nSPS) is 23.8. The van der Waals surface area contributed by atoms with E-state index in [1.807, 2.05) is 26.0 Å². The summed E-state index contributed by atoms with van der Waals surface area (Å²) >= 11 is 0. The Morgan fingerprint density at radius 2 is 2.27 bits per heavy atom. The Bertz CT molecular complexity index is 270. The first-order valence-electron chi connectivity index (χ1n) is 3.39. The summed E-state index contributed by atoms with van der Waals surface area (Å²) in [4.78, 5) is 0. The molecule has 3 nitrogen and oxygen atoms in total. The zero-order valence-electron chi connectivity index (χ0n) is 6.55. The van der Waals surface area contributed by atoms with Crippen molar-refractivity contribution in [2.75, 3.05) is 0 Å². The molecule has 0 radical (unpaired) electrons. The molecule has 2 N–H and O–H groups in total. The van der Waals surface area contributed by atoms with Gasteiger partial charge in [-0.1, -0.05) is 0 Å². The van der Waals surface area contributed by atoms with Gasteiger partial charge in [0.25, 0.3) is 0 Å². The Hall–Kier alpha value is -1.27. The summed E-state index contributed by atoms with van der Waals surface area (Å²) in [6.45, 7) is 3.66. The number of aliphatic hydroxyl groups is 1.